The van der Waals surface area contributed by atoms with Crippen LogP contribution in [-0.2, 0) is 11.2 Å². The topological polar surface area (TPSA) is 135 Å². The number of non-ortho nitro benzene ring substituents is 1. The fourth-order valence-corrected chi connectivity index (χ4v) is 3.34. The lowest BCUT2D eigenvalue weighted by Gasteiger charge is -2.01. The zero-order valence-corrected chi connectivity index (χ0v) is 16.7. The van der Waals surface area contributed by atoms with Crippen LogP contribution in [-0.4, -0.2) is 31.2 Å². The number of rotatable bonds is 8. The molecule has 150 valence electrons. The number of hydrogen-bond donors (Lipinski definition) is 2. The quantitative estimate of drug-likeness (QED) is 0.223. The number of halogens is 1. The molecule has 2 heterocycles. The van der Waals surface area contributed by atoms with E-state index in [-0.39, 0.29) is 32.3 Å². The molecule has 0 unspecified atom stereocenters. The standard InChI is InChI=1S/C18H15ClN4O5S/c1-2-3-16-20-18(22-21-16)29-15(17(24)25)9-11-5-7-14(28-11)12-8-10(23(26)27)4-6-13(12)19/h4-9H,2-3H2,1H3,(H,24,25)(H,20,21,22)/b15-9-. The molecule has 0 aliphatic heterocycles. The first kappa shape index (κ1) is 20.6. The van der Waals surface area contributed by atoms with E-state index in [1.54, 1.807) is 12.1 Å². The van der Waals surface area contributed by atoms with Gasteiger partial charge in [0.1, 0.15) is 22.3 Å². The summed E-state index contributed by atoms with van der Waals surface area (Å²) in [7, 11) is 0. The third-order valence-corrected chi connectivity index (χ3v) is 4.94. The van der Waals surface area contributed by atoms with Crippen LogP contribution in [0.4, 0.5) is 5.69 Å². The maximum absolute atomic E-state index is 11.6. The van der Waals surface area contributed by atoms with Crippen molar-refractivity contribution in [3.05, 3.63) is 62.0 Å². The molecular formula is C18H15ClN4O5S. The van der Waals surface area contributed by atoms with Crippen molar-refractivity contribution in [3.8, 4) is 11.3 Å². The van der Waals surface area contributed by atoms with Crippen LogP contribution in [0.25, 0.3) is 17.4 Å². The third-order valence-electron chi connectivity index (χ3n) is 3.74. The summed E-state index contributed by atoms with van der Waals surface area (Å²) < 4.78 is 5.64. The van der Waals surface area contributed by atoms with Gasteiger partial charge < -0.3 is 9.52 Å². The van der Waals surface area contributed by atoms with Crippen molar-refractivity contribution in [2.75, 3.05) is 0 Å². The zero-order chi connectivity index (χ0) is 21.0. The Balaban J connectivity index is 1.87. The summed E-state index contributed by atoms with van der Waals surface area (Å²) in [6.07, 6.45) is 2.93. The molecule has 0 fully saturated rings. The van der Waals surface area contributed by atoms with E-state index >= 15 is 0 Å². The number of thioether (sulfide) groups is 1. The average molecular weight is 435 g/mol. The molecule has 0 radical (unpaired) electrons. The van der Waals surface area contributed by atoms with Crippen LogP contribution in [0.2, 0.25) is 5.02 Å². The summed E-state index contributed by atoms with van der Waals surface area (Å²) in [4.78, 5) is 26.2. The van der Waals surface area contributed by atoms with Crippen LogP contribution >= 0.6 is 23.4 Å². The van der Waals surface area contributed by atoms with Gasteiger partial charge in [0.05, 0.1) is 9.95 Å². The predicted molar refractivity (Wildman–Crippen MR) is 108 cm³/mol. The van der Waals surface area contributed by atoms with Crippen LogP contribution in [0.5, 0.6) is 0 Å². The molecule has 0 saturated heterocycles. The Morgan fingerprint density at radius 3 is 2.90 bits per heavy atom. The molecule has 2 N–H and O–H groups in total. The maximum Gasteiger partial charge on any atom is 0.342 e. The SMILES string of the molecule is CCCc1nc(S/C(=C\c2ccc(-c3cc([N+](=O)[O-])ccc3Cl)o2)C(=O)O)n[nH]1. The first-order valence-corrected chi connectivity index (χ1v) is 9.65. The fraction of sp³-hybridized carbons (Fsp3) is 0.167. The van der Waals surface area contributed by atoms with Crippen molar-refractivity contribution in [2.24, 2.45) is 0 Å². The number of aliphatic carboxylic acids is 1. The van der Waals surface area contributed by atoms with E-state index in [1.807, 2.05) is 6.92 Å². The molecular weight excluding hydrogens is 420 g/mol. The monoisotopic (exact) mass is 434 g/mol. The van der Waals surface area contributed by atoms with Crippen LogP contribution in [0.15, 0.2) is 44.8 Å². The fourth-order valence-electron chi connectivity index (χ4n) is 2.43. The van der Waals surface area contributed by atoms with Gasteiger partial charge in [-0.05, 0) is 36.4 Å². The second-order valence-electron chi connectivity index (χ2n) is 5.85. The Bertz CT molecular complexity index is 1090. The molecule has 2 aromatic heterocycles. The maximum atomic E-state index is 11.6. The molecule has 0 aliphatic carbocycles. The Morgan fingerprint density at radius 2 is 2.21 bits per heavy atom. The van der Waals surface area contributed by atoms with Gasteiger partial charge in [0.15, 0.2) is 0 Å². The highest BCUT2D eigenvalue weighted by Gasteiger charge is 2.17. The van der Waals surface area contributed by atoms with Crippen molar-refractivity contribution < 1.29 is 19.2 Å². The van der Waals surface area contributed by atoms with Gasteiger partial charge in [-0.25, -0.2) is 9.78 Å². The molecule has 1 aromatic carbocycles. The Labute approximate surface area is 173 Å². The largest absolute Gasteiger partial charge is 0.477 e. The molecule has 0 atom stereocenters. The molecule has 3 aromatic rings. The van der Waals surface area contributed by atoms with Gasteiger partial charge in [-0.3, -0.25) is 15.2 Å². The van der Waals surface area contributed by atoms with Gasteiger partial charge in [0, 0.05) is 30.2 Å². The Morgan fingerprint density at radius 1 is 1.41 bits per heavy atom. The van der Waals surface area contributed by atoms with E-state index in [1.165, 1.54) is 24.3 Å². The highest BCUT2D eigenvalue weighted by Crippen LogP contribution is 2.34. The lowest BCUT2D eigenvalue weighted by atomic mass is 10.1. The summed E-state index contributed by atoms with van der Waals surface area (Å²) in [6, 6.07) is 7.10. The van der Waals surface area contributed by atoms with Crippen molar-refractivity contribution in [1.82, 2.24) is 15.2 Å². The van der Waals surface area contributed by atoms with Gasteiger partial charge in [-0.15, -0.1) is 5.10 Å². The average Bonchev–Trinajstić information content (AvgIpc) is 3.31. The predicted octanol–water partition coefficient (Wildman–Crippen LogP) is 4.80. The summed E-state index contributed by atoms with van der Waals surface area (Å²) >= 11 is 7.01. The minimum absolute atomic E-state index is 0.0434. The number of benzene rings is 1. The van der Waals surface area contributed by atoms with E-state index in [2.05, 4.69) is 15.2 Å². The number of furan rings is 1. The van der Waals surface area contributed by atoms with Gasteiger partial charge >= 0.3 is 5.97 Å². The summed E-state index contributed by atoms with van der Waals surface area (Å²) in [5, 5.41) is 27.8. The second-order valence-corrected chi connectivity index (χ2v) is 7.27. The summed E-state index contributed by atoms with van der Waals surface area (Å²) in [5.74, 6) is 0.0446. The number of nitro benzene ring substituents is 1. The Hall–Kier alpha value is -3.11. The van der Waals surface area contributed by atoms with E-state index in [4.69, 9.17) is 16.0 Å². The number of carbonyl (C=O) groups is 1. The number of aromatic amines is 1. The summed E-state index contributed by atoms with van der Waals surface area (Å²) in [5.41, 5.74) is 0.204. The number of nitrogens with zero attached hydrogens (tertiary/aromatic N) is 3. The van der Waals surface area contributed by atoms with Crippen LogP contribution in [0, 0.1) is 10.1 Å². The molecule has 0 amide bonds. The molecule has 0 aliphatic rings. The van der Waals surface area contributed by atoms with Crippen LogP contribution in [0.3, 0.4) is 0 Å². The number of nitro groups is 1. The van der Waals surface area contributed by atoms with E-state index in [0.717, 1.165) is 18.2 Å². The second kappa shape index (κ2) is 8.93. The number of aromatic nitrogens is 3. The molecule has 0 bridgehead atoms. The smallest absolute Gasteiger partial charge is 0.342 e. The van der Waals surface area contributed by atoms with Gasteiger partial charge in [0.25, 0.3) is 5.69 Å². The third kappa shape index (κ3) is 5.04. The number of H-pyrrole nitrogens is 1. The van der Waals surface area contributed by atoms with Crippen molar-refractivity contribution in [1.29, 1.82) is 0 Å². The lowest BCUT2D eigenvalue weighted by molar-refractivity contribution is -0.384. The van der Waals surface area contributed by atoms with Gasteiger partial charge in [-0.1, -0.05) is 18.5 Å². The molecule has 9 nitrogen and oxygen atoms in total. The van der Waals surface area contributed by atoms with Crippen molar-refractivity contribution in [3.63, 3.8) is 0 Å². The Kier molecular flexibility index (Phi) is 6.35. The molecule has 3 rings (SSSR count). The molecule has 29 heavy (non-hydrogen) atoms. The highest BCUT2D eigenvalue weighted by molar-refractivity contribution is 8.04. The van der Waals surface area contributed by atoms with Crippen molar-refractivity contribution in [2.45, 2.75) is 24.9 Å². The van der Waals surface area contributed by atoms with Crippen molar-refractivity contribution >= 4 is 41.1 Å². The van der Waals surface area contributed by atoms with E-state index in [9.17, 15) is 20.0 Å². The highest BCUT2D eigenvalue weighted by atomic mass is 35.5. The van der Waals surface area contributed by atoms with E-state index in [0.29, 0.717) is 17.8 Å². The van der Waals surface area contributed by atoms with Gasteiger partial charge in [-0.2, -0.15) is 0 Å². The zero-order valence-electron chi connectivity index (χ0n) is 15.1. The normalized spacial score (nSPS) is 11.6. The number of carboxylic acid groups (broad SMARTS) is 1. The minimum atomic E-state index is -1.16. The molecule has 11 heteroatoms. The van der Waals surface area contributed by atoms with Gasteiger partial charge in [0.2, 0.25) is 5.16 Å². The summed E-state index contributed by atoms with van der Waals surface area (Å²) in [6.45, 7) is 2.00. The lowest BCUT2D eigenvalue weighted by Crippen LogP contribution is -1.97. The first-order chi connectivity index (χ1) is 13.9. The molecule has 0 spiro atoms. The number of hydrogen-bond acceptors (Lipinski definition) is 7. The number of aryl methyl sites for hydroxylation is 1. The first-order valence-electron chi connectivity index (χ1n) is 8.45. The minimum Gasteiger partial charge on any atom is -0.477 e. The number of carboxylic acids is 1. The molecule has 0 saturated carbocycles. The van der Waals surface area contributed by atoms with Crippen LogP contribution < -0.4 is 0 Å². The van der Waals surface area contributed by atoms with Crippen LogP contribution in [0.1, 0.15) is 24.9 Å². The number of nitrogens with one attached hydrogen (secondary N) is 1. The van der Waals surface area contributed by atoms with E-state index < -0.39 is 10.9 Å².